The van der Waals surface area contributed by atoms with Crippen LogP contribution in [0.4, 0.5) is 0 Å². The van der Waals surface area contributed by atoms with E-state index in [9.17, 15) is 24.0 Å². The van der Waals surface area contributed by atoms with Gasteiger partial charge in [0.25, 0.3) is 0 Å². The average molecular weight is 415 g/mol. The molecule has 1 heterocycles. The van der Waals surface area contributed by atoms with E-state index in [1.807, 2.05) is 0 Å². The number of hydrogen-bond acceptors (Lipinski definition) is 10. The van der Waals surface area contributed by atoms with Crippen molar-refractivity contribution in [2.45, 2.75) is 58.5 Å². The largest absolute Gasteiger partial charge is 0.477 e. The predicted molar refractivity (Wildman–Crippen MR) is 94.9 cm³/mol. The monoisotopic (exact) mass is 415 g/mol. The molecule has 11 heteroatoms. The van der Waals surface area contributed by atoms with E-state index in [2.05, 4.69) is 10.1 Å². The van der Waals surface area contributed by atoms with Gasteiger partial charge in [-0.25, -0.2) is 4.79 Å². The number of carbonyl (C=O) groups excluding carboxylic acids is 5. The zero-order valence-corrected chi connectivity index (χ0v) is 16.9. The highest BCUT2D eigenvalue weighted by Gasteiger charge is 2.44. The van der Waals surface area contributed by atoms with Crippen LogP contribution >= 0.6 is 0 Å². The Labute approximate surface area is 167 Å². The minimum atomic E-state index is -1.30. The molecule has 0 unspecified atom stereocenters. The van der Waals surface area contributed by atoms with Crippen LogP contribution in [0, 0.1) is 0 Å². The number of nitrogens with one attached hydrogen (secondary N) is 1. The first-order valence-electron chi connectivity index (χ1n) is 8.75. The van der Waals surface area contributed by atoms with Gasteiger partial charge in [0.1, 0.15) is 6.61 Å². The Kier molecular flexibility index (Phi) is 9.10. The number of carbonyl (C=O) groups is 5. The van der Waals surface area contributed by atoms with E-state index in [0.717, 1.165) is 27.9 Å². The van der Waals surface area contributed by atoms with E-state index in [-0.39, 0.29) is 12.2 Å². The molecule has 0 radical (unpaired) electrons. The van der Waals surface area contributed by atoms with Crippen molar-refractivity contribution >= 4 is 29.8 Å². The second-order valence-corrected chi connectivity index (χ2v) is 6.21. The molecule has 0 saturated heterocycles. The maximum absolute atomic E-state index is 11.9. The molecular weight excluding hydrogens is 390 g/mol. The average Bonchev–Trinajstić information content (AvgIpc) is 2.62. The quantitative estimate of drug-likeness (QED) is 0.417. The summed E-state index contributed by atoms with van der Waals surface area (Å²) in [5.41, 5.74) is 0. The molecule has 0 aromatic heterocycles. The third-order valence-electron chi connectivity index (χ3n) is 3.75. The Morgan fingerprint density at radius 2 is 1.69 bits per heavy atom. The van der Waals surface area contributed by atoms with Crippen LogP contribution in [0.3, 0.4) is 0 Å². The molecule has 29 heavy (non-hydrogen) atoms. The first-order chi connectivity index (χ1) is 13.5. The maximum Gasteiger partial charge on any atom is 0.372 e. The number of methoxy groups -OCH3 is 1. The van der Waals surface area contributed by atoms with Gasteiger partial charge in [-0.2, -0.15) is 0 Å². The lowest BCUT2D eigenvalue weighted by Crippen LogP contribution is -2.57. The van der Waals surface area contributed by atoms with Crippen LogP contribution in [-0.2, 0) is 47.7 Å². The number of rotatable bonds is 8. The molecule has 0 aromatic rings. The van der Waals surface area contributed by atoms with Crippen molar-refractivity contribution in [3.63, 3.8) is 0 Å². The van der Waals surface area contributed by atoms with Crippen molar-refractivity contribution in [1.82, 2.24) is 5.32 Å². The lowest BCUT2D eigenvalue weighted by atomic mass is 9.95. The van der Waals surface area contributed by atoms with Crippen LogP contribution in [0.25, 0.3) is 0 Å². The Morgan fingerprint density at radius 3 is 2.17 bits per heavy atom. The molecular formula is C18H25NO10. The number of ether oxygens (including phenoxy) is 5. The number of hydrogen-bond donors (Lipinski definition) is 1. The van der Waals surface area contributed by atoms with Crippen molar-refractivity contribution in [3.05, 3.63) is 11.8 Å². The van der Waals surface area contributed by atoms with Crippen molar-refractivity contribution in [3.8, 4) is 0 Å². The number of esters is 4. The lowest BCUT2D eigenvalue weighted by molar-refractivity contribution is -0.187. The lowest BCUT2D eigenvalue weighted by Gasteiger charge is -2.38. The van der Waals surface area contributed by atoms with E-state index in [0.29, 0.717) is 0 Å². The fourth-order valence-electron chi connectivity index (χ4n) is 2.73. The predicted octanol–water partition coefficient (Wildman–Crippen LogP) is -0.237. The van der Waals surface area contributed by atoms with Gasteiger partial charge in [-0.05, 0) is 12.5 Å². The van der Waals surface area contributed by atoms with Crippen molar-refractivity contribution in [2.24, 2.45) is 0 Å². The molecule has 0 bridgehead atoms. The van der Waals surface area contributed by atoms with Crippen molar-refractivity contribution in [1.29, 1.82) is 0 Å². The fourth-order valence-corrected chi connectivity index (χ4v) is 2.73. The van der Waals surface area contributed by atoms with Crippen LogP contribution in [0.5, 0.6) is 0 Å². The van der Waals surface area contributed by atoms with Crippen molar-refractivity contribution in [2.75, 3.05) is 13.7 Å². The summed E-state index contributed by atoms with van der Waals surface area (Å²) >= 11 is 0. The SMILES string of the molecule is COC(=O)C1=CC[C@@H](NC(C)=O)[C@H]([C@H](OC(C)=O)[C@@H](COC(C)=O)OC(C)=O)O1. The molecule has 4 atom stereocenters. The minimum Gasteiger partial charge on any atom is -0.477 e. The van der Waals surface area contributed by atoms with Gasteiger partial charge in [-0.1, -0.05) is 0 Å². The minimum absolute atomic E-state index is 0.146. The molecule has 0 aliphatic carbocycles. The van der Waals surface area contributed by atoms with Crippen molar-refractivity contribution < 1.29 is 47.7 Å². The molecule has 11 nitrogen and oxygen atoms in total. The van der Waals surface area contributed by atoms with Gasteiger partial charge in [0.15, 0.2) is 18.3 Å². The summed E-state index contributed by atoms with van der Waals surface area (Å²) in [6.45, 7) is 4.24. The Morgan fingerprint density at radius 1 is 1.07 bits per heavy atom. The molecule has 0 aromatic carbocycles. The molecule has 162 valence electrons. The van der Waals surface area contributed by atoms with Gasteiger partial charge in [0.05, 0.1) is 13.2 Å². The molecule has 0 spiro atoms. The molecule has 0 fully saturated rings. The fraction of sp³-hybridized carbons (Fsp3) is 0.611. The highest BCUT2D eigenvalue weighted by atomic mass is 16.6. The Hall–Kier alpha value is -3.11. The third kappa shape index (κ3) is 7.80. The van der Waals surface area contributed by atoms with E-state index >= 15 is 0 Å². The summed E-state index contributed by atoms with van der Waals surface area (Å²) in [7, 11) is 1.16. The second kappa shape index (κ2) is 11.0. The van der Waals surface area contributed by atoms with Gasteiger partial charge in [-0.15, -0.1) is 0 Å². The summed E-state index contributed by atoms with van der Waals surface area (Å²) in [4.78, 5) is 58.0. The summed E-state index contributed by atoms with van der Waals surface area (Å²) < 4.78 is 25.7. The third-order valence-corrected chi connectivity index (χ3v) is 3.75. The first kappa shape index (κ1) is 23.9. The van der Waals surface area contributed by atoms with Crippen LogP contribution < -0.4 is 5.32 Å². The smallest absolute Gasteiger partial charge is 0.372 e. The van der Waals surface area contributed by atoms with Crippen LogP contribution in [0.2, 0.25) is 0 Å². The topological polar surface area (TPSA) is 144 Å². The normalized spacial score (nSPS) is 20.1. The molecule has 1 rings (SSSR count). The molecule has 1 amide bonds. The van der Waals surface area contributed by atoms with Gasteiger partial charge < -0.3 is 29.0 Å². The summed E-state index contributed by atoms with van der Waals surface area (Å²) in [5.74, 6) is -3.46. The highest BCUT2D eigenvalue weighted by molar-refractivity contribution is 5.86. The second-order valence-electron chi connectivity index (χ2n) is 6.21. The highest BCUT2D eigenvalue weighted by Crippen LogP contribution is 2.26. The van der Waals surface area contributed by atoms with E-state index in [4.69, 9.17) is 18.9 Å². The Balaban J connectivity index is 3.30. The van der Waals surface area contributed by atoms with Crippen LogP contribution in [0.1, 0.15) is 34.1 Å². The maximum atomic E-state index is 11.9. The summed E-state index contributed by atoms with van der Waals surface area (Å²) in [6, 6.07) is -0.736. The van der Waals surface area contributed by atoms with Gasteiger partial charge in [-0.3, -0.25) is 19.2 Å². The zero-order valence-electron chi connectivity index (χ0n) is 16.9. The number of amides is 1. The molecule has 0 saturated carbocycles. The molecule has 1 aliphatic heterocycles. The molecule has 1 aliphatic rings. The van der Waals surface area contributed by atoms with Gasteiger partial charge in [0.2, 0.25) is 11.7 Å². The van der Waals surface area contributed by atoms with E-state index in [1.165, 1.54) is 13.0 Å². The summed E-state index contributed by atoms with van der Waals surface area (Å²) in [5, 5.41) is 2.64. The standard InChI is InChI=1S/C18H25NO10/c1-9(20)19-13-6-7-14(18(24)25-5)29-16(13)17(28-12(4)23)15(27-11(3)22)8-26-10(2)21/h7,13,15-17H,6,8H2,1-5H3,(H,19,20)/t13-,15-,16-,17-/m1/s1. The first-order valence-corrected chi connectivity index (χ1v) is 8.75. The van der Waals surface area contributed by atoms with E-state index < -0.39 is 60.7 Å². The summed E-state index contributed by atoms with van der Waals surface area (Å²) in [6.07, 6.45) is -2.13. The zero-order chi connectivity index (χ0) is 22.1. The van der Waals surface area contributed by atoms with Gasteiger partial charge >= 0.3 is 23.9 Å². The van der Waals surface area contributed by atoms with Gasteiger partial charge in [0, 0.05) is 27.7 Å². The van der Waals surface area contributed by atoms with Crippen LogP contribution in [-0.4, -0.2) is 67.9 Å². The Bertz CT molecular complexity index is 686. The molecule has 1 N–H and O–H groups in total. The van der Waals surface area contributed by atoms with Crippen LogP contribution in [0.15, 0.2) is 11.8 Å². The van der Waals surface area contributed by atoms with E-state index in [1.54, 1.807) is 0 Å².